The molecule has 0 heterocycles. The van der Waals surface area contributed by atoms with Crippen molar-refractivity contribution in [3.8, 4) is 22.3 Å². The van der Waals surface area contributed by atoms with Gasteiger partial charge >= 0.3 is 0 Å². The lowest BCUT2D eigenvalue weighted by Gasteiger charge is -2.24. The summed E-state index contributed by atoms with van der Waals surface area (Å²) in [6, 6.07) is 32.0. The van der Waals surface area contributed by atoms with E-state index >= 15 is 0 Å². The molecule has 8 rings (SSSR count). The van der Waals surface area contributed by atoms with Crippen molar-refractivity contribution in [1.29, 1.82) is 0 Å². The first-order chi connectivity index (χ1) is 19.3. The van der Waals surface area contributed by atoms with Crippen LogP contribution in [-0.2, 0) is 6.42 Å². The molecule has 0 amide bonds. The highest BCUT2D eigenvalue weighted by Gasteiger charge is 2.36. The van der Waals surface area contributed by atoms with Gasteiger partial charge in [-0.1, -0.05) is 139 Å². The van der Waals surface area contributed by atoms with Crippen LogP contribution in [0.2, 0.25) is 0 Å². The summed E-state index contributed by atoms with van der Waals surface area (Å²) >= 11 is 0. The standard InChI is InChI=1S/C39H31/c1-25(29-21-11-23-35-31-18-7-9-20-33(31)37(39(29)35)27-14-4-5-15-27)24-28-16-10-22-34-30-17-6-8-19-32(30)36(38(28)34)26-12-2-3-13-26/h2-12,14,16-23,36-37H,13,15,24H2,1H3. The first-order valence-electron chi connectivity index (χ1n) is 14.3. The highest BCUT2D eigenvalue weighted by molar-refractivity contribution is 5.84. The van der Waals surface area contributed by atoms with Gasteiger partial charge in [-0.15, -0.1) is 0 Å². The van der Waals surface area contributed by atoms with Crippen LogP contribution < -0.4 is 0 Å². The molecule has 4 aromatic carbocycles. The van der Waals surface area contributed by atoms with Crippen LogP contribution in [0.15, 0.2) is 133 Å². The number of allylic oxidation sites excluding steroid dienone is 8. The number of hydrogen-bond donors (Lipinski definition) is 0. The van der Waals surface area contributed by atoms with Crippen LogP contribution in [0.3, 0.4) is 0 Å². The van der Waals surface area contributed by atoms with Gasteiger partial charge in [0, 0.05) is 17.8 Å². The molecule has 0 nitrogen and oxygen atoms in total. The Kier molecular flexibility index (Phi) is 5.23. The first-order valence-corrected chi connectivity index (χ1v) is 14.3. The molecule has 4 aliphatic carbocycles. The van der Waals surface area contributed by atoms with Crippen LogP contribution in [0.4, 0.5) is 0 Å². The third-order valence-corrected chi connectivity index (χ3v) is 9.26. The average molecular weight is 500 g/mol. The number of hydrogen-bond acceptors (Lipinski definition) is 0. The molecule has 0 aromatic heterocycles. The molecule has 0 saturated carbocycles. The molecular formula is C39H31. The van der Waals surface area contributed by atoms with Crippen molar-refractivity contribution in [1.82, 2.24) is 0 Å². The predicted octanol–water partition coefficient (Wildman–Crippen LogP) is 9.87. The molecule has 2 unspecified atom stereocenters. The number of benzene rings is 4. The minimum absolute atomic E-state index is 0.338. The van der Waals surface area contributed by atoms with Gasteiger partial charge in [0.05, 0.1) is 0 Å². The summed E-state index contributed by atoms with van der Waals surface area (Å²) in [6.45, 7) is 2.36. The van der Waals surface area contributed by atoms with E-state index in [1.54, 1.807) is 0 Å². The maximum Gasteiger partial charge on any atom is 0.0320 e. The lowest BCUT2D eigenvalue weighted by Crippen LogP contribution is -2.10. The molecule has 4 aromatic rings. The zero-order valence-electron chi connectivity index (χ0n) is 22.3. The zero-order valence-corrected chi connectivity index (χ0v) is 22.3. The van der Waals surface area contributed by atoms with E-state index in [0.29, 0.717) is 11.8 Å². The van der Waals surface area contributed by atoms with Gasteiger partial charge in [0.1, 0.15) is 0 Å². The Bertz CT molecular complexity index is 1750. The SMILES string of the molecule is C[C](Cc1cccc2c1C(C1=CC=CC1)c1ccccc1-2)c1cccc2c1C(C1=CC=CC1)c1ccccc1-2. The monoisotopic (exact) mass is 499 g/mol. The predicted molar refractivity (Wildman–Crippen MR) is 163 cm³/mol. The maximum atomic E-state index is 2.38. The molecule has 0 aliphatic heterocycles. The van der Waals surface area contributed by atoms with Crippen LogP contribution in [0.25, 0.3) is 22.3 Å². The molecule has 0 saturated heterocycles. The third kappa shape index (κ3) is 3.44. The van der Waals surface area contributed by atoms with Gasteiger partial charge in [0.2, 0.25) is 0 Å². The van der Waals surface area contributed by atoms with Crippen molar-refractivity contribution in [3.63, 3.8) is 0 Å². The Morgan fingerprint density at radius 3 is 1.74 bits per heavy atom. The molecule has 4 aliphatic rings. The van der Waals surface area contributed by atoms with Gasteiger partial charge in [-0.25, -0.2) is 0 Å². The van der Waals surface area contributed by atoms with Crippen LogP contribution in [0, 0.1) is 5.92 Å². The third-order valence-electron chi connectivity index (χ3n) is 9.26. The summed E-state index contributed by atoms with van der Waals surface area (Å²) < 4.78 is 0. The summed E-state index contributed by atoms with van der Waals surface area (Å²) in [5.41, 5.74) is 17.5. The van der Waals surface area contributed by atoms with E-state index in [4.69, 9.17) is 0 Å². The Labute approximate surface area is 231 Å². The summed E-state index contributed by atoms with van der Waals surface area (Å²) in [4.78, 5) is 0. The van der Waals surface area contributed by atoms with Gasteiger partial charge in [0.25, 0.3) is 0 Å². The molecule has 0 heteroatoms. The molecule has 2 atom stereocenters. The van der Waals surface area contributed by atoms with E-state index in [1.807, 2.05) is 0 Å². The molecule has 187 valence electrons. The average Bonchev–Trinajstić information content (AvgIpc) is 3.78. The highest BCUT2D eigenvalue weighted by Crippen LogP contribution is 2.54. The van der Waals surface area contributed by atoms with E-state index in [2.05, 4.69) is 128 Å². The summed E-state index contributed by atoms with van der Waals surface area (Å²) in [7, 11) is 0. The lowest BCUT2D eigenvalue weighted by atomic mass is 9.79. The van der Waals surface area contributed by atoms with Crippen molar-refractivity contribution in [3.05, 3.63) is 172 Å². The first kappa shape index (κ1) is 22.8. The van der Waals surface area contributed by atoms with Crippen LogP contribution >= 0.6 is 0 Å². The zero-order chi connectivity index (χ0) is 25.9. The van der Waals surface area contributed by atoms with E-state index in [9.17, 15) is 0 Å². The van der Waals surface area contributed by atoms with Crippen LogP contribution in [-0.4, -0.2) is 0 Å². The molecule has 1 radical (unpaired) electrons. The minimum Gasteiger partial charge on any atom is -0.0804 e. The van der Waals surface area contributed by atoms with Crippen molar-refractivity contribution < 1.29 is 0 Å². The molecule has 39 heavy (non-hydrogen) atoms. The smallest absolute Gasteiger partial charge is 0.0320 e. The topological polar surface area (TPSA) is 0 Å². The van der Waals surface area contributed by atoms with E-state index in [-0.39, 0.29) is 0 Å². The maximum absolute atomic E-state index is 2.38. The van der Waals surface area contributed by atoms with Gasteiger partial charge in [-0.3, -0.25) is 0 Å². The minimum atomic E-state index is 0.338. The Morgan fingerprint density at radius 1 is 0.590 bits per heavy atom. The summed E-state index contributed by atoms with van der Waals surface area (Å²) in [5, 5.41) is 0. The van der Waals surface area contributed by atoms with Crippen molar-refractivity contribution in [2.24, 2.45) is 0 Å². The quantitative estimate of drug-likeness (QED) is 0.256. The molecular weight excluding hydrogens is 468 g/mol. The number of rotatable bonds is 5. The Morgan fingerprint density at radius 2 is 1.13 bits per heavy atom. The van der Waals surface area contributed by atoms with Crippen molar-refractivity contribution in [2.45, 2.75) is 38.0 Å². The van der Waals surface area contributed by atoms with Gasteiger partial charge in [0.15, 0.2) is 0 Å². The highest BCUT2D eigenvalue weighted by atomic mass is 14.4. The fourth-order valence-electron chi connectivity index (χ4n) is 7.63. The molecule has 0 N–H and O–H groups in total. The van der Waals surface area contributed by atoms with E-state index in [1.165, 1.54) is 72.7 Å². The van der Waals surface area contributed by atoms with E-state index < -0.39 is 0 Å². The van der Waals surface area contributed by atoms with Crippen molar-refractivity contribution in [2.75, 3.05) is 0 Å². The second-order valence-corrected chi connectivity index (χ2v) is 11.4. The van der Waals surface area contributed by atoms with Crippen molar-refractivity contribution >= 4 is 0 Å². The summed E-state index contributed by atoms with van der Waals surface area (Å²) in [5.74, 6) is 2.15. The summed E-state index contributed by atoms with van der Waals surface area (Å²) in [6.07, 6.45) is 16.8. The molecule has 0 spiro atoms. The van der Waals surface area contributed by atoms with Crippen LogP contribution in [0.5, 0.6) is 0 Å². The molecule has 0 bridgehead atoms. The van der Waals surface area contributed by atoms with E-state index in [0.717, 1.165) is 19.3 Å². The number of fused-ring (bicyclic) bond motifs is 6. The Balaban J connectivity index is 1.23. The van der Waals surface area contributed by atoms with Gasteiger partial charge in [-0.05, 0) is 74.9 Å². The fraction of sp³-hybridized carbons (Fsp3) is 0.154. The van der Waals surface area contributed by atoms with Gasteiger partial charge in [-0.2, -0.15) is 0 Å². The fourth-order valence-corrected chi connectivity index (χ4v) is 7.63. The van der Waals surface area contributed by atoms with Crippen LogP contribution in [0.1, 0.15) is 65.0 Å². The lowest BCUT2D eigenvalue weighted by molar-refractivity contribution is 0.884. The Hall–Kier alpha value is -4.16. The van der Waals surface area contributed by atoms with Gasteiger partial charge < -0.3 is 0 Å². The molecule has 0 fully saturated rings. The largest absolute Gasteiger partial charge is 0.0804 e. The second-order valence-electron chi connectivity index (χ2n) is 11.4. The normalized spacial score (nSPS) is 19.6. The second kappa shape index (κ2) is 8.95.